The van der Waals surface area contributed by atoms with Gasteiger partial charge in [-0.2, -0.15) is 0 Å². The molecule has 2 aliphatic heterocycles. The highest BCUT2D eigenvalue weighted by molar-refractivity contribution is 7.09. The van der Waals surface area contributed by atoms with E-state index in [1.54, 1.807) is 18.4 Å². The third-order valence-electron chi connectivity index (χ3n) is 7.36. The standard InChI is InChI=1S/C25H33N5O3S/c1-3-8-27-24(32)30-16-25(6-10-29(11-7-25)14-21-26-9-12-34-21)22-18-5-4-17(33-2)13-19(18)28-23(22)20(30)15-31/h4-5,9,12-13,20,28,31H,3,6-8,10-11,14-16H2,1-2H3,(H,27,32)/t20-/m0/s1. The van der Waals surface area contributed by atoms with Crippen molar-refractivity contribution in [3.8, 4) is 5.75 Å². The number of methoxy groups -OCH3 is 1. The van der Waals surface area contributed by atoms with E-state index in [-0.39, 0.29) is 18.1 Å². The third kappa shape index (κ3) is 4.06. The van der Waals surface area contributed by atoms with Crippen LogP contribution in [0.25, 0.3) is 10.9 Å². The van der Waals surface area contributed by atoms with Gasteiger partial charge in [-0.25, -0.2) is 9.78 Å². The molecule has 0 unspecified atom stereocenters. The Morgan fingerprint density at radius 1 is 1.38 bits per heavy atom. The summed E-state index contributed by atoms with van der Waals surface area (Å²) in [5.74, 6) is 0.788. The van der Waals surface area contributed by atoms with Crippen LogP contribution in [-0.4, -0.2) is 70.8 Å². The maximum absolute atomic E-state index is 13.2. The average molecular weight is 484 g/mol. The number of nitrogens with one attached hydrogen (secondary N) is 2. The van der Waals surface area contributed by atoms with E-state index in [9.17, 15) is 9.90 Å². The van der Waals surface area contributed by atoms with Crippen LogP contribution < -0.4 is 10.1 Å². The van der Waals surface area contributed by atoms with E-state index >= 15 is 0 Å². The Morgan fingerprint density at radius 3 is 2.88 bits per heavy atom. The number of ether oxygens (including phenoxy) is 1. The number of benzene rings is 1. The van der Waals surface area contributed by atoms with Crippen LogP contribution in [0.2, 0.25) is 0 Å². The van der Waals surface area contributed by atoms with Crippen molar-refractivity contribution in [2.24, 2.45) is 0 Å². The Kier molecular flexibility index (Phi) is 6.50. The molecule has 0 bridgehead atoms. The molecule has 1 saturated heterocycles. The van der Waals surface area contributed by atoms with Gasteiger partial charge in [0.15, 0.2) is 0 Å². The van der Waals surface area contributed by atoms with E-state index in [1.165, 1.54) is 5.56 Å². The molecule has 1 atom stereocenters. The zero-order chi connectivity index (χ0) is 23.7. The van der Waals surface area contributed by atoms with Crippen molar-refractivity contribution < 1.29 is 14.6 Å². The molecule has 34 heavy (non-hydrogen) atoms. The van der Waals surface area contributed by atoms with Crippen LogP contribution in [0.4, 0.5) is 4.79 Å². The summed E-state index contributed by atoms with van der Waals surface area (Å²) in [5, 5.41) is 17.8. The fourth-order valence-corrected chi connectivity index (χ4v) is 6.28. The maximum Gasteiger partial charge on any atom is 0.318 e. The number of piperidine rings is 1. The van der Waals surface area contributed by atoms with Gasteiger partial charge in [-0.15, -0.1) is 11.3 Å². The van der Waals surface area contributed by atoms with Gasteiger partial charge in [-0.3, -0.25) is 4.90 Å². The largest absolute Gasteiger partial charge is 0.497 e. The van der Waals surface area contributed by atoms with Crippen molar-refractivity contribution in [1.82, 2.24) is 25.1 Å². The Balaban J connectivity index is 1.53. The smallest absolute Gasteiger partial charge is 0.318 e. The fourth-order valence-electron chi connectivity index (χ4n) is 5.62. The first-order valence-corrected chi connectivity index (χ1v) is 12.9. The Morgan fingerprint density at radius 2 is 2.21 bits per heavy atom. The number of aliphatic hydroxyl groups excluding tert-OH is 1. The van der Waals surface area contributed by atoms with Crippen molar-refractivity contribution >= 4 is 28.3 Å². The highest BCUT2D eigenvalue weighted by Crippen LogP contribution is 2.49. The lowest BCUT2D eigenvalue weighted by Crippen LogP contribution is -2.57. The maximum atomic E-state index is 13.2. The summed E-state index contributed by atoms with van der Waals surface area (Å²) in [5.41, 5.74) is 3.04. The lowest BCUT2D eigenvalue weighted by atomic mass is 9.68. The highest BCUT2D eigenvalue weighted by Gasteiger charge is 2.48. The van der Waals surface area contributed by atoms with Crippen molar-refractivity contribution in [3.63, 3.8) is 0 Å². The molecule has 3 N–H and O–H groups in total. The summed E-state index contributed by atoms with van der Waals surface area (Å²) in [6.45, 7) is 5.90. The predicted octanol–water partition coefficient (Wildman–Crippen LogP) is 3.64. The molecule has 1 aromatic carbocycles. The fraction of sp³-hybridized carbons (Fsp3) is 0.520. The topological polar surface area (TPSA) is 93.7 Å². The molecule has 1 spiro atoms. The molecule has 9 heteroatoms. The second-order valence-corrected chi connectivity index (χ2v) is 10.3. The second kappa shape index (κ2) is 9.56. The molecule has 1 fully saturated rings. The number of aliphatic hydroxyl groups is 1. The van der Waals surface area contributed by atoms with Crippen molar-refractivity contribution in [2.75, 3.05) is 39.9 Å². The van der Waals surface area contributed by atoms with Crippen molar-refractivity contribution in [1.29, 1.82) is 0 Å². The van der Waals surface area contributed by atoms with Gasteiger partial charge >= 0.3 is 6.03 Å². The molecule has 8 nitrogen and oxygen atoms in total. The van der Waals surface area contributed by atoms with E-state index in [4.69, 9.17) is 4.74 Å². The van der Waals surface area contributed by atoms with Gasteiger partial charge in [-0.05, 0) is 50.0 Å². The van der Waals surface area contributed by atoms with Gasteiger partial charge in [0.05, 0.1) is 26.3 Å². The van der Waals surface area contributed by atoms with Gasteiger partial charge in [0.2, 0.25) is 0 Å². The minimum atomic E-state index is -0.399. The van der Waals surface area contributed by atoms with Crippen LogP contribution in [0.3, 0.4) is 0 Å². The van der Waals surface area contributed by atoms with E-state index in [0.717, 1.165) is 66.3 Å². The van der Waals surface area contributed by atoms with E-state index in [2.05, 4.69) is 26.3 Å². The second-order valence-electron chi connectivity index (χ2n) is 9.37. The molecular formula is C25H33N5O3S. The molecule has 182 valence electrons. The first kappa shape index (κ1) is 23.1. The van der Waals surface area contributed by atoms with Crippen LogP contribution in [0, 0.1) is 0 Å². The minimum absolute atomic E-state index is 0.104. The monoisotopic (exact) mass is 483 g/mol. The molecule has 2 aliphatic rings. The third-order valence-corrected chi connectivity index (χ3v) is 8.13. The number of nitrogens with zero attached hydrogens (tertiary/aromatic N) is 3. The number of aromatic nitrogens is 2. The summed E-state index contributed by atoms with van der Waals surface area (Å²) in [4.78, 5) is 25.5. The van der Waals surface area contributed by atoms with E-state index in [0.29, 0.717) is 13.1 Å². The van der Waals surface area contributed by atoms with Gasteiger partial charge in [-0.1, -0.05) is 6.92 Å². The first-order chi connectivity index (χ1) is 16.6. The number of fused-ring (bicyclic) bond motifs is 4. The number of amides is 2. The van der Waals surface area contributed by atoms with Crippen molar-refractivity contribution in [3.05, 3.63) is 46.0 Å². The zero-order valence-corrected chi connectivity index (χ0v) is 20.7. The quantitative estimate of drug-likeness (QED) is 0.498. The summed E-state index contributed by atoms with van der Waals surface area (Å²) in [6.07, 6.45) is 4.62. The summed E-state index contributed by atoms with van der Waals surface area (Å²) < 4.78 is 5.46. The molecule has 5 rings (SSSR count). The van der Waals surface area contributed by atoms with E-state index in [1.807, 2.05) is 35.5 Å². The number of carbonyl (C=O) groups excluding carboxylic acids is 1. The van der Waals surface area contributed by atoms with Crippen LogP contribution in [0.15, 0.2) is 29.8 Å². The molecule has 3 aromatic rings. The van der Waals surface area contributed by atoms with E-state index < -0.39 is 6.04 Å². The summed E-state index contributed by atoms with van der Waals surface area (Å²) in [7, 11) is 1.67. The van der Waals surface area contributed by atoms with Gasteiger partial charge in [0, 0.05) is 52.7 Å². The van der Waals surface area contributed by atoms with Crippen molar-refractivity contribution in [2.45, 2.75) is 44.2 Å². The molecule has 4 heterocycles. The van der Waals surface area contributed by atoms with Gasteiger partial charge in [0.25, 0.3) is 0 Å². The number of aromatic amines is 1. The summed E-state index contributed by atoms with van der Waals surface area (Å²) in [6, 6.07) is 5.62. The first-order valence-electron chi connectivity index (χ1n) is 12.0. The average Bonchev–Trinajstić information content (AvgIpc) is 3.51. The predicted molar refractivity (Wildman–Crippen MR) is 133 cm³/mol. The number of H-pyrrole nitrogens is 1. The number of urea groups is 1. The highest BCUT2D eigenvalue weighted by atomic mass is 32.1. The Hall–Kier alpha value is -2.62. The molecule has 2 amide bonds. The van der Waals surface area contributed by atoms with Crippen LogP contribution in [-0.2, 0) is 12.0 Å². The van der Waals surface area contributed by atoms with Crippen LogP contribution >= 0.6 is 11.3 Å². The molecular weight excluding hydrogens is 450 g/mol. The number of hydrogen-bond acceptors (Lipinski definition) is 6. The normalized spacial score (nSPS) is 20.0. The van der Waals surface area contributed by atoms with Gasteiger partial charge < -0.3 is 25.0 Å². The zero-order valence-electron chi connectivity index (χ0n) is 19.8. The minimum Gasteiger partial charge on any atom is -0.497 e. The number of hydrogen-bond donors (Lipinski definition) is 3. The number of thiazole rings is 1. The van der Waals surface area contributed by atoms with Crippen LogP contribution in [0.1, 0.15) is 48.5 Å². The Bertz CT molecular complexity index is 1140. The number of carbonyl (C=O) groups is 1. The number of likely N-dealkylation sites (tertiary alicyclic amines) is 1. The molecule has 0 radical (unpaired) electrons. The summed E-state index contributed by atoms with van der Waals surface area (Å²) >= 11 is 1.70. The van der Waals surface area contributed by atoms with Gasteiger partial charge in [0.1, 0.15) is 10.8 Å². The Labute approximate surface area is 203 Å². The SMILES string of the molecule is CCCNC(=O)N1CC2(CCN(Cc3nccs3)CC2)c2c([nH]c3cc(OC)ccc23)[C@@H]1CO. The number of rotatable bonds is 6. The molecule has 2 aromatic heterocycles. The van der Waals surface area contributed by atoms with Crippen LogP contribution in [0.5, 0.6) is 5.75 Å². The lowest BCUT2D eigenvalue weighted by Gasteiger charge is -2.50. The lowest BCUT2D eigenvalue weighted by molar-refractivity contribution is 0.0663. The molecule has 0 saturated carbocycles. The molecule has 0 aliphatic carbocycles.